The van der Waals surface area contributed by atoms with Crippen LogP contribution < -0.4 is 4.74 Å². The Morgan fingerprint density at radius 2 is 1.65 bits per heavy atom. The molecule has 0 aliphatic rings. The summed E-state index contributed by atoms with van der Waals surface area (Å²) in [6.45, 7) is 3.89. The molecule has 0 atom stereocenters. The van der Waals surface area contributed by atoms with Crippen LogP contribution in [-0.4, -0.2) is 11.1 Å². The van der Waals surface area contributed by atoms with Crippen LogP contribution in [0.2, 0.25) is 0 Å². The van der Waals surface area contributed by atoms with Crippen LogP contribution in [-0.2, 0) is 4.79 Å². The lowest BCUT2D eigenvalue weighted by Gasteiger charge is -2.08. The summed E-state index contributed by atoms with van der Waals surface area (Å²) in [5.41, 5.74) is 2.85. The van der Waals surface area contributed by atoms with Crippen molar-refractivity contribution in [1.29, 1.82) is 0 Å². The van der Waals surface area contributed by atoms with Crippen LogP contribution in [0.3, 0.4) is 0 Å². The quantitative estimate of drug-likeness (QED) is 0.677. The Balaban J connectivity index is 2.31. The molecule has 0 saturated carbocycles. The maximum absolute atomic E-state index is 11.3. The van der Waals surface area contributed by atoms with Gasteiger partial charge in [0, 0.05) is 0 Å². The number of rotatable bonds is 4. The van der Waals surface area contributed by atoms with Gasteiger partial charge in [-0.25, -0.2) is 4.79 Å². The summed E-state index contributed by atoms with van der Waals surface area (Å²) < 4.78 is 5.50. The van der Waals surface area contributed by atoms with Crippen LogP contribution in [0.15, 0.2) is 54.3 Å². The number of carboxylic acids is 1. The summed E-state index contributed by atoms with van der Waals surface area (Å²) in [4.78, 5) is 11.3. The molecule has 3 nitrogen and oxygen atoms in total. The second-order valence-corrected chi connectivity index (χ2v) is 4.65. The lowest BCUT2D eigenvalue weighted by Crippen LogP contribution is -2.07. The van der Waals surface area contributed by atoms with Crippen molar-refractivity contribution in [3.05, 3.63) is 71.0 Å². The Morgan fingerprint density at radius 1 is 1.05 bits per heavy atom. The van der Waals surface area contributed by atoms with Crippen molar-refractivity contribution in [2.75, 3.05) is 0 Å². The highest BCUT2D eigenvalue weighted by Crippen LogP contribution is 2.20. The number of carbonyl (C=O) groups is 1. The van der Waals surface area contributed by atoms with Crippen molar-refractivity contribution in [3.8, 4) is 5.75 Å². The zero-order valence-electron chi connectivity index (χ0n) is 11.5. The molecule has 0 fully saturated rings. The lowest BCUT2D eigenvalue weighted by atomic mass is 10.1. The fourth-order valence-electron chi connectivity index (χ4n) is 1.95. The van der Waals surface area contributed by atoms with E-state index in [4.69, 9.17) is 4.74 Å². The average Bonchev–Trinajstić information content (AvgIpc) is 2.38. The molecule has 0 heterocycles. The Labute approximate surface area is 118 Å². The largest absolute Gasteiger partial charge is 0.475 e. The normalized spacial score (nSPS) is 11.2. The lowest BCUT2D eigenvalue weighted by molar-refractivity contribution is -0.134. The topological polar surface area (TPSA) is 46.5 Å². The summed E-state index contributed by atoms with van der Waals surface area (Å²) in [5.74, 6) is -0.652. The Hall–Kier alpha value is -2.55. The molecule has 0 spiro atoms. The van der Waals surface area contributed by atoms with Crippen molar-refractivity contribution in [3.63, 3.8) is 0 Å². The SMILES string of the molecule is Cc1cc(C)cc(OC(=Cc2ccccc2)C(=O)O)c1. The van der Waals surface area contributed by atoms with Gasteiger partial charge >= 0.3 is 5.97 Å². The molecular formula is C17H16O3. The van der Waals surface area contributed by atoms with E-state index in [1.165, 1.54) is 6.08 Å². The second kappa shape index (κ2) is 6.06. The first-order chi connectivity index (χ1) is 9.54. The third-order valence-corrected chi connectivity index (χ3v) is 2.73. The van der Waals surface area contributed by atoms with Crippen molar-refractivity contribution >= 4 is 12.0 Å². The summed E-state index contributed by atoms with van der Waals surface area (Å²) in [7, 11) is 0. The van der Waals surface area contributed by atoms with Gasteiger partial charge in [-0.3, -0.25) is 0 Å². The van der Waals surface area contributed by atoms with Crippen LogP contribution >= 0.6 is 0 Å². The highest BCUT2D eigenvalue weighted by molar-refractivity contribution is 5.90. The number of benzene rings is 2. The molecule has 3 heteroatoms. The average molecular weight is 268 g/mol. The highest BCUT2D eigenvalue weighted by Gasteiger charge is 2.11. The minimum atomic E-state index is -1.09. The fraction of sp³-hybridized carbons (Fsp3) is 0.118. The van der Waals surface area contributed by atoms with Crippen LogP contribution in [0, 0.1) is 13.8 Å². The molecule has 0 unspecified atom stereocenters. The number of hydrogen-bond acceptors (Lipinski definition) is 2. The van der Waals surface area contributed by atoms with Gasteiger partial charge in [0.2, 0.25) is 5.76 Å². The van der Waals surface area contributed by atoms with E-state index in [-0.39, 0.29) is 5.76 Å². The molecule has 102 valence electrons. The molecule has 2 aromatic carbocycles. The number of hydrogen-bond donors (Lipinski definition) is 1. The summed E-state index contributed by atoms with van der Waals surface area (Å²) in [5, 5.41) is 9.24. The number of aryl methyl sites for hydroxylation is 2. The van der Waals surface area contributed by atoms with Crippen molar-refractivity contribution in [1.82, 2.24) is 0 Å². The van der Waals surface area contributed by atoms with Crippen LogP contribution in [0.5, 0.6) is 5.75 Å². The number of aliphatic carboxylic acids is 1. The molecule has 0 aliphatic carbocycles. The van der Waals surface area contributed by atoms with Gasteiger partial charge in [0.05, 0.1) is 0 Å². The zero-order chi connectivity index (χ0) is 14.5. The predicted molar refractivity (Wildman–Crippen MR) is 78.6 cm³/mol. The van der Waals surface area contributed by atoms with Crippen molar-refractivity contribution < 1.29 is 14.6 Å². The Bertz CT molecular complexity index is 622. The maximum atomic E-state index is 11.3. The molecule has 0 aliphatic heterocycles. The first kappa shape index (κ1) is 13.9. The van der Waals surface area contributed by atoms with Gasteiger partial charge in [0.15, 0.2) is 0 Å². The van der Waals surface area contributed by atoms with Crippen LogP contribution in [0.1, 0.15) is 16.7 Å². The van der Waals surface area contributed by atoms with E-state index in [9.17, 15) is 9.90 Å². The van der Waals surface area contributed by atoms with Crippen molar-refractivity contribution in [2.24, 2.45) is 0 Å². The van der Waals surface area contributed by atoms with E-state index in [1.807, 2.05) is 62.4 Å². The second-order valence-electron chi connectivity index (χ2n) is 4.65. The number of ether oxygens (including phenoxy) is 1. The molecule has 2 aromatic rings. The molecule has 0 amide bonds. The van der Waals surface area contributed by atoms with E-state index >= 15 is 0 Å². The molecule has 20 heavy (non-hydrogen) atoms. The fourth-order valence-corrected chi connectivity index (χ4v) is 1.95. The van der Waals surface area contributed by atoms with E-state index in [0.717, 1.165) is 16.7 Å². The van der Waals surface area contributed by atoms with Gasteiger partial charge in [0.25, 0.3) is 0 Å². The number of carboxylic acid groups (broad SMARTS) is 1. The van der Waals surface area contributed by atoms with Gasteiger partial charge in [0.1, 0.15) is 5.75 Å². The van der Waals surface area contributed by atoms with Gasteiger partial charge in [-0.1, -0.05) is 36.4 Å². The van der Waals surface area contributed by atoms with Gasteiger partial charge in [-0.15, -0.1) is 0 Å². The van der Waals surface area contributed by atoms with Crippen LogP contribution in [0.4, 0.5) is 0 Å². The maximum Gasteiger partial charge on any atom is 0.371 e. The predicted octanol–water partition coefficient (Wildman–Crippen LogP) is 3.81. The van der Waals surface area contributed by atoms with Crippen molar-refractivity contribution in [2.45, 2.75) is 13.8 Å². The van der Waals surface area contributed by atoms with Gasteiger partial charge < -0.3 is 9.84 Å². The molecule has 2 rings (SSSR count). The van der Waals surface area contributed by atoms with Gasteiger partial charge in [-0.2, -0.15) is 0 Å². The Kier molecular flexibility index (Phi) is 4.20. The molecule has 0 aromatic heterocycles. The minimum absolute atomic E-state index is 0.0961. The monoisotopic (exact) mass is 268 g/mol. The minimum Gasteiger partial charge on any atom is -0.475 e. The summed E-state index contributed by atoms with van der Waals surface area (Å²) >= 11 is 0. The molecule has 0 saturated heterocycles. The molecule has 0 bridgehead atoms. The third-order valence-electron chi connectivity index (χ3n) is 2.73. The first-order valence-electron chi connectivity index (χ1n) is 6.31. The highest BCUT2D eigenvalue weighted by atomic mass is 16.5. The molecular weight excluding hydrogens is 252 g/mol. The third kappa shape index (κ3) is 3.72. The summed E-state index contributed by atoms with van der Waals surface area (Å²) in [6.07, 6.45) is 1.51. The molecule has 1 N–H and O–H groups in total. The van der Waals surface area contributed by atoms with E-state index in [2.05, 4.69) is 0 Å². The van der Waals surface area contributed by atoms with E-state index < -0.39 is 5.97 Å². The van der Waals surface area contributed by atoms with Crippen LogP contribution in [0.25, 0.3) is 6.08 Å². The van der Waals surface area contributed by atoms with E-state index in [1.54, 1.807) is 0 Å². The first-order valence-corrected chi connectivity index (χ1v) is 6.31. The van der Waals surface area contributed by atoms with Gasteiger partial charge in [-0.05, 0) is 48.7 Å². The Morgan fingerprint density at radius 3 is 2.20 bits per heavy atom. The standard InChI is InChI=1S/C17H16O3/c1-12-8-13(2)10-15(9-12)20-16(17(18)19)11-14-6-4-3-5-7-14/h3-11H,1-2H3,(H,18,19). The van der Waals surface area contributed by atoms with E-state index in [0.29, 0.717) is 5.75 Å². The zero-order valence-corrected chi connectivity index (χ0v) is 11.5. The smallest absolute Gasteiger partial charge is 0.371 e. The summed E-state index contributed by atoms with van der Waals surface area (Å²) in [6, 6.07) is 14.9. The molecule has 0 radical (unpaired) electrons.